The number of hydrogen-bond donors (Lipinski definition) is 1. The average Bonchev–Trinajstić information content (AvgIpc) is 3.41. The molecule has 2 heterocycles. The van der Waals surface area contributed by atoms with Crippen molar-refractivity contribution >= 4 is 33.4 Å². The minimum absolute atomic E-state index is 0.0320. The van der Waals surface area contributed by atoms with Gasteiger partial charge in [-0.1, -0.05) is 28.1 Å². The summed E-state index contributed by atoms with van der Waals surface area (Å²) in [7, 11) is 3.02. The second kappa shape index (κ2) is 8.92. The molecular formula is C24H20BrNO6. The highest BCUT2D eigenvalue weighted by molar-refractivity contribution is 9.10. The molecule has 0 radical (unpaired) electrons. The Morgan fingerprint density at radius 1 is 1.09 bits per heavy atom. The fourth-order valence-corrected chi connectivity index (χ4v) is 4.02. The Morgan fingerprint density at radius 2 is 1.84 bits per heavy atom. The molecule has 2 aromatic carbocycles. The number of carbonyl (C=O) groups is 2. The molecule has 3 aromatic rings. The monoisotopic (exact) mass is 497 g/mol. The number of ketones is 1. The van der Waals surface area contributed by atoms with Crippen LogP contribution in [0.25, 0.3) is 5.76 Å². The van der Waals surface area contributed by atoms with E-state index in [1.54, 1.807) is 54.6 Å². The Bertz CT molecular complexity index is 1180. The number of halogens is 1. The average molecular weight is 498 g/mol. The molecule has 1 fully saturated rings. The summed E-state index contributed by atoms with van der Waals surface area (Å²) in [5.74, 6) is -0.325. The maximum atomic E-state index is 13.1. The van der Waals surface area contributed by atoms with Gasteiger partial charge in [-0.05, 0) is 42.5 Å². The number of amides is 1. The molecule has 1 amide bonds. The molecule has 0 spiro atoms. The number of carbonyl (C=O) groups excluding carboxylic acids is 2. The molecule has 8 heteroatoms. The van der Waals surface area contributed by atoms with Gasteiger partial charge in [0.25, 0.3) is 11.7 Å². The molecule has 1 saturated heterocycles. The number of methoxy groups -OCH3 is 2. The van der Waals surface area contributed by atoms with Gasteiger partial charge in [-0.15, -0.1) is 0 Å². The number of nitrogens with zero attached hydrogens (tertiary/aromatic N) is 1. The molecule has 0 aliphatic carbocycles. The summed E-state index contributed by atoms with van der Waals surface area (Å²) in [6.45, 7) is 0.0414. The van der Waals surface area contributed by atoms with Gasteiger partial charge in [-0.25, -0.2) is 0 Å². The minimum atomic E-state index is -0.909. The van der Waals surface area contributed by atoms with Gasteiger partial charge in [0, 0.05) is 15.6 Å². The second-order valence-electron chi connectivity index (χ2n) is 7.12. The van der Waals surface area contributed by atoms with Crippen molar-refractivity contribution in [2.75, 3.05) is 14.2 Å². The van der Waals surface area contributed by atoms with E-state index < -0.39 is 17.7 Å². The Balaban J connectivity index is 1.93. The third kappa shape index (κ3) is 3.89. The summed E-state index contributed by atoms with van der Waals surface area (Å²) in [6.07, 6.45) is 1.49. The molecule has 164 valence electrons. The number of ether oxygens (including phenoxy) is 2. The summed E-state index contributed by atoms with van der Waals surface area (Å²) in [5, 5.41) is 11.1. The maximum Gasteiger partial charge on any atom is 0.296 e. The zero-order chi connectivity index (χ0) is 22.8. The number of hydrogen-bond acceptors (Lipinski definition) is 6. The van der Waals surface area contributed by atoms with Crippen LogP contribution in [-0.2, 0) is 16.1 Å². The number of aliphatic hydroxyl groups excluding tert-OH is 1. The van der Waals surface area contributed by atoms with Gasteiger partial charge in [0.05, 0.1) is 38.6 Å². The minimum Gasteiger partial charge on any atom is -0.507 e. The normalized spacial score (nSPS) is 17.6. The van der Waals surface area contributed by atoms with Gasteiger partial charge in [-0.3, -0.25) is 9.59 Å². The van der Waals surface area contributed by atoms with Crippen LogP contribution in [0.2, 0.25) is 0 Å². The van der Waals surface area contributed by atoms with Gasteiger partial charge >= 0.3 is 0 Å². The van der Waals surface area contributed by atoms with Crippen LogP contribution in [0.15, 0.2) is 75.3 Å². The molecule has 1 unspecified atom stereocenters. The van der Waals surface area contributed by atoms with E-state index in [0.717, 1.165) is 4.47 Å². The van der Waals surface area contributed by atoms with Gasteiger partial charge in [0.1, 0.15) is 23.0 Å². The van der Waals surface area contributed by atoms with Gasteiger partial charge < -0.3 is 23.9 Å². The van der Waals surface area contributed by atoms with E-state index >= 15 is 0 Å². The predicted octanol–water partition coefficient (Wildman–Crippen LogP) is 4.68. The lowest BCUT2D eigenvalue weighted by Crippen LogP contribution is -2.29. The van der Waals surface area contributed by atoms with Crippen LogP contribution >= 0.6 is 15.9 Å². The van der Waals surface area contributed by atoms with E-state index in [2.05, 4.69) is 15.9 Å². The Hall–Kier alpha value is -3.52. The molecule has 1 N–H and O–H groups in total. The van der Waals surface area contributed by atoms with Crippen LogP contribution in [-0.4, -0.2) is 35.9 Å². The molecule has 0 bridgehead atoms. The summed E-state index contributed by atoms with van der Waals surface area (Å²) >= 11 is 3.36. The van der Waals surface area contributed by atoms with Crippen molar-refractivity contribution < 1.29 is 28.6 Å². The summed E-state index contributed by atoms with van der Waals surface area (Å²) in [4.78, 5) is 27.6. The Morgan fingerprint density at radius 3 is 2.47 bits per heavy atom. The lowest BCUT2D eigenvalue weighted by molar-refractivity contribution is -0.140. The highest BCUT2D eigenvalue weighted by Crippen LogP contribution is 2.44. The molecule has 4 rings (SSSR count). The molecule has 32 heavy (non-hydrogen) atoms. The van der Waals surface area contributed by atoms with Crippen LogP contribution in [0.5, 0.6) is 11.5 Å². The van der Waals surface area contributed by atoms with Crippen molar-refractivity contribution in [3.8, 4) is 11.5 Å². The number of likely N-dealkylation sites (tertiary alicyclic amines) is 1. The lowest BCUT2D eigenvalue weighted by atomic mass is 9.94. The third-order valence-electron chi connectivity index (χ3n) is 5.30. The van der Waals surface area contributed by atoms with Crippen LogP contribution in [0.1, 0.15) is 22.9 Å². The standard InChI is InChI=1S/C24H20BrNO6/c1-30-16-9-10-19(31-2)18(12-16)21-20(22(27)14-5-7-15(25)8-6-14)23(28)24(29)26(21)13-17-4-3-11-32-17/h3-12,21,27H,13H2,1-2H3/b22-20+. The van der Waals surface area contributed by atoms with Crippen molar-refractivity contribution in [3.63, 3.8) is 0 Å². The van der Waals surface area contributed by atoms with Crippen LogP contribution in [0.3, 0.4) is 0 Å². The van der Waals surface area contributed by atoms with Crippen molar-refractivity contribution in [1.29, 1.82) is 0 Å². The first kappa shape index (κ1) is 21.7. The fraction of sp³-hybridized carbons (Fsp3) is 0.167. The van der Waals surface area contributed by atoms with Crippen molar-refractivity contribution in [3.05, 3.63) is 87.8 Å². The SMILES string of the molecule is COc1ccc(OC)c(C2/C(=C(\O)c3ccc(Br)cc3)C(=O)C(=O)N2Cc2ccco2)c1. The summed E-state index contributed by atoms with van der Waals surface area (Å²) < 4.78 is 17.1. The fourth-order valence-electron chi connectivity index (χ4n) is 3.75. The topological polar surface area (TPSA) is 89.2 Å². The Kier molecular flexibility index (Phi) is 6.05. The van der Waals surface area contributed by atoms with E-state index in [-0.39, 0.29) is 17.9 Å². The molecule has 0 saturated carbocycles. The zero-order valence-corrected chi connectivity index (χ0v) is 19.0. The van der Waals surface area contributed by atoms with Crippen molar-refractivity contribution in [2.45, 2.75) is 12.6 Å². The third-order valence-corrected chi connectivity index (χ3v) is 5.82. The van der Waals surface area contributed by atoms with E-state index in [4.69, 9.17) is 13.9 Å². The van der Waals surface area contributed by atoms with Crippen LogP contribution in [0.4, 0.5) is 0 Å². The zero-order valence-electron chi connectivity index (χ0n) is 17.4. The molecule has 1 aromatic heterocycles. The number of Topliss-reactive ketones (excluding diaryl/α,β-unsaturated/α-hetero) is 1. The van der Waals surface area contributed by atoms with E-state index in [1.165, 1.54) is 25.4 Å². The second-order valence-corrected chi connectivity index (χ2v) is 8.04. The first-order valence-electron chi connectivity index (χ1n) is 9.73. The van der Waals surface area contributed by atoms with E-state index in [1.807, 2.05) is 0 Å². The quantitative estimate of drug-likeness (QED) is 0.302. The highest BCUT2D eigenvalue weighted by Gasteiger charge is 2.47. The van der Waals surface area contributed by atoms with Crippen molar-refractivity contribution in [2.24, 2.45) is 0 Å². The van der Waals surface area contributed by atoms with Crippen LogP contribution < -0.4 is 9.47 Å². The maximum absolute atomic E-state index is 13.1. The van der Waals surface area contributed by atoms with Crippen LogP contribution in [0, 0.1) is 0 Å². The number of aliphatic hydroxyl groups is 1. The predicted molar refractivity (Wildman–Crippen MR) is 120 cm³/mol. The first-order chi connectivity index (χ1) is 15.4. The van der Waals surface area contributed by atoms with Gasteiger partial charge in [0.2, 0.25) is 0 Å². The smallest absolute Gasteiger partial charge is 0.296 e. The Labute approximate surface area is 193 Å². The summed E-state index contributed by atoms with van der Waals surface area (Å²) in [6, 6.07) is 14.4. The van der Waals surface area contributed by atoms with Crippen molar-refractivity contribution in [1.82, 2.24) is 4.90 Å². The molecule has 1 aliphatic heterocycles. The molecular weight excluding hydrogens is 478 g/mol. The van der Waals surface area contributed by atoms with E-state index in [0.29, 0.717) is 28.4 Å². The molecule has 1 aliphatic rings. The van der Waals surface area contributed by atoms with Gasteiger partial charge in [0.15, 0.2) is 0 Å². The largest absolute Gasteiger partial charge is 0.507 e. The number of benzene rings is 2. The van der Waals surface area contributed by atoms with E-state index in [9.17, 15) is 14.7 Å². The molecule has 1 atom stereocenters. The first-order valence-corrected chi connectivity index (χ1v) is 10.5. The molecule has 7 nitrogen and oxygen atoms in total. The lowest BCUT2D eigenvalue weighted by Gasteiger charge is -2.26. The number of furan rings is 1. The summed E-state index contributed by atoms with van der Waals surface area (Å²) in [5.41, 5.74) is 0.891. The number of rotatable bonds is 6. The van der Waals surface area contributed by atoms with Gasteiger partial charge in [-0.2, -0.15) is 0 Å². The highest BCUT2D eigenvalue weighted by atomic mass is 79.9.